The zero-order chi connectivity index (χ0) is 14.7. The van der Waals surface area contributed by atoms with Crippen molar-refractivity contribution in [1.82, 2.24) is 9.97 Å². The van der Waals surface area contributed by atoms with Gasteiger partial charge in [0.25, 0.3) is 0 Å². The van der Waals surface area contributed by atoms with Gasteiger partial charge in [-0.2, -0.15) is 0 Å². The number of ether oxygens (including phenoxy) is 1. The molecule has 1 aliphatic heterocycles. The van der Waals surface area contributed by atoms with Gasteiger partial charge in [-0.05, 0) is 32.1 Å². The van der Waals surface area contributed by atoms with Crippen molar-refractivity contribution < 1.29 is 9.53 Å². The van der Waals surface area contributed by atoms with Gasteiger partial charge in [-0.15, -0.1) is 0 Å². The number of esters is 1. The zero-order valence-corrected chi connectivity index (χ0v) is 12.7. The maximum Gasteiger partial charge on any atom is 0.341 e. The van der Waals surface area contributed by atoms with Gasteiger partial charge in [0.15, 0.2) is 0 Å². The summed E-state index contributed by atoms with van der Waals surface area (Å²) in [5.74, 6) is 1.66. The molecule has 1 aromatic rings. The van der Waals surface area contributed by atoms with Gasteiger partial charge < -0.3 is 9.64 Å². The van der Waals surface area contributed by atoms with E-state index in [1.54, 1.807) is 13.1 Å². The normalized spacial score (nSPS) is 22.7. The van der Waals surface area contributed by atoms with Crippen molar-refractivity contribution in [3.8, 4) is 0 Å². The second-order valence-corrected chi connectivity index (χ2v) is 5.74. The SMILES string of the molecule is CCOC(=O)c1cnc(N2C[C@H](C)C[C@@H](C)C2)nc1C. The third kappa shape index (κ3) is 3.26. The Kier molecular flexibility index (Phi) is 4.57. The Morgan fingerprint density at radius 3 is 2.60 bits per heavy atom. The van der Waals surface area contributed by atoms with Gasteiger partial charge in [-0.3, -0.25) is 0 Å². The maximum atomic E-state index is 11.7. The van der Waals surface area contributed by atoms with Gasteiger partial charge in [-0.25, -0.2) is 14.8 Å². The molecule has 5 heteroatoms. The third-order valence-corrected chi connectivity index (χ3v) is 3.61. The highest BCUT2D eigenvalue weighted by molar-refractivity contribution is 5.90. The minimum absolute atomic E-state index is 0.350. The van der Waals surface area contributed by atoms with E-state index in [4.69, 9.17) is 4.74 Å². The predicted molar refractivity (Wildman–Crippen MR) is 77.9 cm³/mol. The molecular formula is C15H23N3O2. The van der Waals surface area contributed by atoms with Gasteiger partial charge >= 0.3 is 5.97 Å². The number of nitrogens with zero attached hydrogens (tertiary/aromatic N) is 3. The van der Waals surface area contributed by atoms with Gasteiger partial charge in [0.2, 0.25) is 5.95 Å². The van der Waals surface area contributed by atoms with Crippen molar-refractivity contribution in [3.63, 3.8) is 0 Å². The van der Waals surface area contributed by atoms with Crippen LogP contribution in [-0.4, -0.2) is 35.6 Å². The Balaban J connectivity index is 2.18. The van der Waals surface area contributed by atoms with Gasteiger partial charge in [0.05, 0.1) is 17.9 Å². The summed E-state index contributed by atoms with van der Waals surface area (Å²) in [6, 6.07) is 0. The Hall–Kier alpha value is -1.65. The summed E-state index contributed by atoms with van der Waals surface area (Å²) in [5.41, 5.74) is 1.13. The van der Waals surface area contributed by atoms with Crippen LogP contribution in [0.2, 0.25) is 0 Å². The van der Waals surface area contributed by atoms with E-state index >= 15 is 0 Å². The van der Waals surface area contributed by atoms with Gasteiger partial charge in [0, 0.05) is 19.3 Å². The number of carbonyl (C=O) groups excluding carboxylic acids is 1. The molecule has 0 saturated carbocycles. The molecule has 0 N–H and O–H groups in total. The quantitative estimate of drug-likeness (QED) is 0.794. The molecule has 0 radical (unpaired) electrons. The van der Waals surface area contributed by atoms with Crippen LogP contribution in [0, 0.1) is 18.8 Å². The summed E-state index contributed by atoms with van der Waals surface area (Å²) in [5, 5.41) is 0. The number of rotatable bonds is 3. The molecule has 1 fully saturated rings. The summed E-state index contributed by atoms with van der Waals surface area (Å²) >= 11 is 0. The number of aryl methyl sites for hydroxylation is 1. The fourth-order valence-electron chi connectivity index (χ4n) is 2.84. The summed E-state index contributed by atoms with van der Waals surface area (Å²) in [6.07, 6.45) is 2.83. The molecule has 2 atom stereocenters. The highest BCUT2D eigenvalue weighted by Gasteiger charge is 2.24. The predicted octanol–water partition coefficient (Wildman–Crippen LogP) is 2.44. The first-order valence-corrected chi connectivity index (χ1v) is 7.27. The molecule has 0 bridgehead atoms. The molecule has 110 valence electrons. The van der Waals surface area contributed by atoms with Crippen molar-refractivity contribution in [3.05, 3.63) is 17.5 Å². The highest BCUT2D eigenvalue weighted by Crippen LogP contribution is 2.24. The molecule has 2 heterocycles. The first-order valence-electron chi connectivity index (χ1n) is 7.27. The van der Waals surface area contributed by atoms with E-state index in [9.17, 15) is 4.79 Å². The lowest BCUT2D eigenvalue weighted by molar-refractivity contribution is 0.0524. The van der Waals surface area contributed by atoms with Crippen LogP contribution in [-0.2, 0) is 4.74 Å². The molecule has 1 aromatic heterocycles. The minimum atomic E-state index is -0.350. The maximum absolute atomic E-state index is 11.7. The lowest BCUT2D eigenvalue weighted by Gasteiger charge is -2.35. The molecule has 1 aliphatic rings. The number of piperidine rings is 1. The lowest BCUT2D eigenvalue weighted by Crippen LogP contribution is -2.39. The van der Waals surface area contributed by atoms with Gasteiger partial charge in [0.1, 0.15) is 0 Å². The summed E-state index contributed by atoms with van der Waals surface area (Å²) < 4.78 is 5.00. The van der Waals surface area contributed by atoms with Crippen molar-refractivity contribution in [2.75, 3.05) is 24.6 Å². The van der Waals surface area contributed by atoms with E-state index in [0.29, 0.717) is 35.6 Å². The Labute approximate surface area is 120 Å². The van der Waals surface area contributed by atoms with Crippen LogP contribution in [0.5, 0.6) is 0 Å². The van der Waals surface area contributed by atoms with Crippen LogP contribution in [0.4, 0.5) is 5.95 Å². The summed E-state index contributed by atoms with van der Waals surface area (Å²) in [6.45, 7) is 10.4. The first kappa shape index (κ1) is 14.8. The summed E-state index contributed by atoms with van der Waals surface area (Å²) in [7, 11) is 0. The van der Waals surface area contributed by atoms with Crippen LogP contribution in [0.3, 0.4) is 0 Å². The van der Waals surface area contributed by atoms with Crippen LogP contribution in [0.15, 0.2) is 6.20 Å². The number of hydrogen-bond acceptors (Lipinski definition) is 5. The van der Waals surface area contributed by atoms with E-state index < -0.39 is 0 Å². The van der Waals surface area contributed by atoms with Crippen molar-refractivity contribution >= 4 is 11.9 Å². The first-order chi connectivity index (χ1) is 9.51. The zero-order valence-electron chi connectivity index (χ0n) is 12.7. The molecule has 0 aliphatic carbocycles. The molecule has 2 rings (SSSR count). The Morgan fingerprint density at radius 1 is 1.40 bits per heavy atom. The third-order valence-electron chi connectivity index (χ3n) is 3.61. The molecule has 0 amide bonds. The topological polar surface area (TPSA) is 55.3 Å². The molecular weight excluding hydrogens is 254 g/mol. The van der Waals surface area contributed by atoms with Crippen molar-refractivity contribution in [2.45, 2.75) is 34.1 Å². The molecule has 20 heavy (non-hydrogen) atoms. The Morgan fingerprint density at radius 2 is 2.05 bits per heavy atom. The van der Waals surface area contributed by atoms with Crippen LogP contribution < -0.4 is 4.90 Å². The molecule has 5 nitrogen and oxygen atoms in total. The van der Waals surface area contributed by atoms with Crippen molar-refractivity contribution in [1.29, 1.82) is 0 Å². The molecule has 0 aromatic carbocycles. The fourth-order valence-corrected chi connectivity index (χ4v) is 2.84. The highest BCUT2D eigenvalue weighted by atomic mass is 16.5. The lowest BCUT2D eigenvalue weighted by atomic mass is 9.92. The number of aromatic nitrogens is 2. The van der Waals surface area contributed by atoms with Crippen LogP contribution in [0.25, 0.3) is 0 Å². The van der Waals surface area contributed by atoms with E-state index in [1.165, 1.54) is 6.42 Å². The molecule has 1 saturated heterocycles. The van der Waals surface area contributed by atoms with E-state index in [0.717, 1.165) is 13.1 Å². The van der Waals surface area contributed by atoms with E-state index in [2.05, 4.69) is 28.7 Å². The average Bonchev–Trinajstić information content (AvgIpc) is 2.37. The standard InChI is InChI=1S/C15H23N3O2/c1-5-20-14(19)13-7-16-15(17-12(13)4)18-8-10(2)6-11(3)9-18/h7,10-11H,5-6,8-9H2,1-4H3/t10-,11-/m1/s1. The largest absolute Gasteiger partial charge is 0.462 e. The van der Waals surface area contributed by atoms with E-state index in [1.807, 2.05) is 6.92 Å². The summed E-state index contributed by atoms with van der Waals surface area (Å²) in [4.78, 5) is 22.8. The number of carbonyl (C=O) groups is 1. The van der Waals surface area contributed by atoms with Gasteiger partial charge in [-0.1, -0.05) is 13.8 Å². The molecule has 0 unspecified atom stereocenters. The number of anilines is 1. The fraction of sp³-hybridized carbons (Fsp3) is 0.667. The second kappa shape index (κ2) is 6.20. The molecule has 0 spiro atoms. The monoisotopic (exact) mass is 277 g/mol. The van der Waals surface area contributed by atoms with E-state index in [-0.39, 0.29) is 5.97 Å². The van der Waals surface area contributed by atoms with Crippen molar-refractivity contribution in [2.24, 2.45) is 11.8 Å². The minimum Gasteiger partial charge on any atom is -0.462 e. The average molecular weight is 277 g/mol. The Bertz CT molecular complexity index is 480. The van der Waals surface area contributed by atoms with Crippen LogP contribution in [0.1, 0.15) is 43.2 Å². The number of hydrogen-bond donors (Lipinski definition) is 0. The smallest absolute Gasteiger partial charge is 0.341 e. The second-order valence-electron chi connectivity index (χ2n) is 5.74. The van der Waals surface area contributed by atoms with Crippen LogP contribution >= 0.6 is 0 Å².